The molecule has 4 atom stereocenters. The van der Waals surface area contributed by atoms with Crippen molar-refractivity contribution in [3.63, 3.8) is 0 Å². The highest BCUT2D eigenvalue weighted by Gasteiger charge is 2.57. The first-order valence-corrected chi connectivity index (χ1v) is 15.7. The van der Waals surface area contributed by atoms with E-state index in [2.05, 4.69) is 6.92 Å². The van der Waals surface area contributed by atoms with E-state index in [0.29, 0.717) is 36.3 Å². The summed E-state index contributed by atoms with van der Waals surface area (Å²) >= 11 is 0. The van der Waals surface area contributed by atoms with Gasteiger partial charge in [0.25, 0.3) is 0 Å². The van der Waals surface area contributed by atoms with E-state index in [4.69, 9.17) is 9.39 Å². The lowest BCUT2D eigenvalue weighted by molar-refractivity contribution is -0.122. The molecule has 6 rings (SSSR count). The summed E-state index contributed by atoms with van der Waals surface area (Å²) in [6.45, 7) is 2.32. The number of amides is 2. The van der Waals surface area contributed by atoms with E-state index >= 15 is 0 Å². The van der Waals surface area contributed by atoms with E-state index in [9.17, 15) is 24.1 Å². The van der Waals surface area contributed by atoms with Crippen molar-refractivity contribution < 1.29 is 33.5 Å². The first kappa shape index (κ1) is 30.8. The number of fused-ring (bicyclic) bond motifs is 3. The standard InChI is InChI=1S/C36H37BFNO6/c1-2-9-23(18-24-14-16-31(40)30(38)19-24)15-17-32-33-25(22-44-27-12-7-4-8-13-27)20-28-34(29(33)21-37(43)45-32)36(42)39(35(28)41)26-10-5-3-6-11-26/h3-8,10-14,16,18-19,28-29,32,34,40,43H,2,9,15,17,20-22H2,1H3/b23-18+/t28-,29+,32-,34-/m1/s1. The van der Waals surface area contributed by atoms with Crippen LogP contribution in [0.5, 0.6) is 11.5 Å². The highest BCUT2D eigenvalue weighted by atomic mass is 19.1. The van der Waals surface area contributed by atoms with Crippen LogP contribution in [0.3, 0.4) is 0 Å². The molecule has 0 radical (unpaired) electrons. The Kier molecular flexibility index (Phi) is 9.19. The van der Waals surface area contributed by atoms with Crippen LogP contribution in [0.25, 0.3) is 6.08 Å². The summed E-state index contributed by atoms with van der Waals surface area (Å²) in [5, 5.41) is 20.6. The van der Waals surface area contributed by atoms with E-state index in [-0.39, 0.29) is 30.7 Å². The number of carbonyl (C=O) groups is 2. The molecule has 0 spiro atoms. The normalized spacial score (nSPS) is 23.3. The second kappa shape index (κ2) is 13.4. The molecular formula is C36H37BFNO6. The fourth-order valence-corrected chi connectivity index (χ4v) is 7.17. The molecule has 0 unspecified atom stereocenters. The Hall–Kier alpha value is -4.21. The van der Waals surface area contributed by atoms with Crippen LogP contribution < -0.4 is 9.64 Å². The minimum Gasteiger partial charge on any atom is -0.505 e. The summed E-state index contributed by atoms with van der Waals surface area (Å²) in [5.74, 6) is -2.35. The number of rotatable bonds is 10. The summed E-state index contributed by atoms with van der Waals surface area (Å²) < 4.78 is 26.4. The molecular weight excluding hydrogens is 572 g/mol. The monoisotopic (exact) mass is 609 g/mol. The van der Waals surface area contributed by atoms with Crippen LogP contribution in [0, 0.1) is 23.6 Å². The van der Waals surface area contributed by atoms with Gasteiger partial charge in [-0.25, -0.2) is 4.39 Å². The van der Waals surface area contributed by atoms with Crippen molar-refractivity contribution in [3.05, 3.63) is 107 Å². The molecule has 45 heavy (non-hydrogen) atoms. The molecule has 1 aliphatic carbocycles. The molecule has 2 heterocycles. The van der Waals surface area contributed by atoms with Crippen molar-refractivity contribution in [1.82, 2.24) is 0 Å². The summed E-state index contributed by atoms with van der Waals surface area (Å²) in [4.78, 5) is 29.1. The zero-order valence-corrected chi connectivity index (χ0v) is 25.3. The largest absolute Gasteiger partial charge is 0.505 e. The molecule has 2 N–H and O–H groups in total. The van der Waals surface area contributed by atoms with Crippen LogP contribution in [-0.4, -0.2) is 41.8 Å². The van der Waals surface area contributed by atoms with Gasteiger partial charge < -0.3 is 19.5 Å². The van der Waals surface area contributed by atoms with E-state index in [1.807, 2.05) is 54.6 Å². The number of phenolic OH excluding ortho intramolecular Hbond substituents is 1. The lowest BCUT2D eigenvalue weighted by Gasteiger charge is -2.43. The average Bonchev–Trinajstić information content (AvgIpc) is 3.30. The van der Waals surface area contributed by atoms with Crippen molar-refractivity contribution >= 4 is 30.7 Å². The maximum atomic E-state index is 14.1. The van der Waals surface area contributed by atoms with Crippen LogP contribution in [0.4, 0.5) is 10.1 Å². The maximum absolute atomic E-state index is 14.1. The van der Waals surface area contributed by atoms with E-state index in [1.54, 1.807) is 18.2 Å². The lowest BCUT2D eigenvalue weighted by Crippen LogP contribution is -2.46. The smallest absolute Gasteiger partial charge is 0.455 e. The van der Waals surface area contributed by atoms with Gasteiger partial charge >= 0.3 is 7.12 Å². The topological polar surface area (TPSA) is 96.3 Å². The Labute approximate surface area is 263 Å². The summed E-state index contributed by atoms with van der Waals surface area (Å²) in [7, 11) is -1.09. The van der Waals surface area contributed by atoms with Crippen molar-refractivity contribution in [3.8, 4) is 11.5 Å². The Morgan fingerprint density at radius 1 is 1.02 bits per heavy atom. The SMILES string of the molecule is CCC/C(=C\c1ccc(O)c(F)c1)CC[C@H]1OB(O)C[C@H]2C1=C(COc1ccccc1)C[C@H]1C(=O)N(c3ccccc3)C(=O)[C@H]12. The lowest BCUT2D eigenvalue weighted by atomic mass is 9.58. The van der Waals surface area contributed by atoms with Crippen molar-refractivity contribution in [2.24, 2.45) is 17.8 Å². The maximum Gasteiger partial charge on any atom is 0.455 e. The molecule has 3 aromatic carbocycles. The van der Waals surface area contributed by atoms with Crippen molar-refractivity contribution in [1.29, 1.82) is 0 Å². The highest BCUT2D eigenvalue weighted by Crippen LogP contribution is 2.51. The fourth-order valence-electron chi connectivity index (χ4n) is 7.17. The number of phenols is 1. The van der Waals surface area contributed by atoms with E-state index < -0.39 is 36.6 Å². The molecule has 9 heteroatoms. The van der Waals surface area contributed by atoms with Gasteiger partial charge in [-0.3, -0.25) is 14.5 Å². The first-order valence-electron chi connectivity index (χ1n) is 15.7. The van der Waals surface area contributed by atoms with Crippen LogP contribution in [0.1, 0.15) is 44.6 Å². The number of anilines is 1. The van der Waals surface area contributed by atoms with E-state index in [1.165, 1.54) is 17.0 Å². The molecule has 0 saturated carbocycles. The number of hydrogen-bond donors (Lipinski definition) is 2. The third-order valence-corrected chi connectivity index (χ3v) is 9.12. The minimum absolute atomic E-state index is 0.216. The Bertz CT molecular complexity index is 1610. The number of aromatic hydroxyl groups is 1. The molecule has 0 aromatic heterocycles. The quantitative estimate of drug-likeness (QED) is 0.153. The van der Waals surface area contributed by atoms with E-state index in [0.717, 1.165) is 29.6 Å². The Morgan fingerprint density at radius 3 is 2.47 bits per heavy atom. The van der Waals surface area contributed by atoms with Gasteiger partial charge in [0.15, 0.2) is 11.6 Å². The van der Waals surface area contributed by atoms with Crippen LogP contribution >= 0.6 is 0 Å². The van der Waals surface area contributed by atoms with Gasteiger partial charge in [0.05, 0.1) is 23.6 Å². The summed E-state index contributed by atoms with van der Waals surface area (Å²) in [5.41, 5.74) is 4.17. The van der Waals surface area contributed by atoms with Crippen LogP contribution in [0.15, 0.2) is 95.6 Å². The highest BCUT2D eigenvalue weighted by molar-refractivity contribution is 6.43. The average molecular weight is 610 g/mol. The first-order chi connectivity index (χ1) is 21.8. The molecule has 2 aliphatic heterocycles. The number of carbonyl (C=O) groups excluding carboxylic acids is 2. The van der Waals surface area contributed by atoms with Gasteiger partial charge in [-0.15, -0.1) is 0 Å². The van der Waals surface area contributed by atoms with Crippen LogP contribution in [-0.2, 0) is 14.2 Å². The molecule has 232 valence electrons. The second-order valence-corrected chi connectivity index (χ2v) is 12.1. The Morgan fingerprint density at radius 2 is 1.76 bits per heavy atom. The predicted molar refractivity (Wildman–Crippen MR) is 171 cm³/mol. The van der Waals surface area contributed by atoms with Gasteiger partial charge in [0, 0.05) is 0 Å². The second-order valence-electron chi connectivity index (χ2n) is 12.1. The number of para-hydroxylation sites is 2. The number of allylic oxidation sites excluding steroid dienone is 1. The van der Waals surface area contributed by atoms with Gasteiger partial charge in [0.1, 0.15) is 12.4 Å². The van der Waals surface area contributed by atoms with Gasteiger partial charge in [-0.1, -0.05) is 67.5 Å². The Balaban J connectivity index is 1.33. The third-order valence-electron chi connectivity index (χ3n) is 9.12. The number of imide groups is 1. The third kappa shape index (κ3) is 6.46. The van der Waals surface area contributed by atoms with Crippen molar-refractivity contribution in [2.75, 3.05) is 11.5 Å². The molecule has 2 saturated heterocycles. The molecule has 2 amide bonds. The number of hydrogen-bond acceptors (Lipinski definition) is 6. The molecule has 7 nitrogen and oxygen atoms in total. The minimum atomic E-state index is -1.09. The number of benzene rings is 3. The molecule has 0 bridgehead atoms. The molecule has 3 aromatic rings. The summed E-state index contributed by atoms with van der Waals surface area (Å²) in [6.07, 6.45) is 4.86. The zero-order chi connectivity index (χ0) is 31.5. The van der Waals surface area contributed by atoms with Gasteiger partial charge in [-0.05, 0) is 91.0 Å². The number of nitrogens with zero attached hydrogens (tertiary/aromatic N) is 1. The molecule has 3 aliphatic rings. The van der Waals surface area contributed by atoms with Crippen molar-refractivity contribution in [2.45, 2.75) is 51.5 Å². The van der Waals surface area contributed by atoms with Gasteiger partial charge in [0.2, 0.25) is 11.8 Å². The predicted octanol–water partition coefficient (Wildman–Crippen LogP) is 6.58. The molecule has 2 fully saturated rings. The number of halogens is 1. The zero-order valence-electron chi connectivity index (χ0n) is 25.3. The van der Waals surface area contributed by atoms with Crippen LogP contribution in [0.2, 0.25) is 6.32 Å². The number of ether oxygens (including phenoxy) is 1. The summed E-state index contributed by atoms with van der Waals surface area (Å²) in [6, 6.07) is 22.8. The van der Waals surface area contributed by atoms with Gasteiger partial charge in [-0.2, -0.15) is 0 Å². The fraction of sp³-hybridized carbons (Fsp3) is 0.333.